The molecule has 0 saturated heterocycles. The SMILES string of the molecule is Oc1ccc(Nc2ncc(S)c3ccccc23)cc1. The van der Waals surface area contributed by atoms with E-state index in [1.165, 1.54) is 0 Å². The third-order valence-corrected chi connectivity index (χ3v) is 3.26. The first kappa shape index (κ1) is 11.9. The molecule has 0 saturated carbocycles. The first-order valence-corrected chi connectivity index (χ1v) is 6.31. The van der Waals surface area contributed by atoms with E-state index < -0.39 is 0 Å². The van der Waals surface area contributed by atoms with Crippen LogP contribution in [-0.2, 0) is 0 Å². The number of anilines is 2. The molecule has 0 amide bonds. The van der Waals surface area contributed by atoms with Gasteiger partial charge in [0.25, 0.3) is 0 Å². The Bertz CT molecular complexity index is 726. The molecule has 0 radical (unpaired) electrons. The number of hydrogen-bond acceptors (Lipinski definition) is 4. The minimum absolute atomic E-state index is 0.245. The van der Waals surface area contributed by atoms with Crippen LogP contribution in [0.15, 0.2) is 59.6 Å². The van der Waals surface area contributed by atoms with E-state index in [9.17, 15) is 5.11 Å². The second-order valence-electron chi connectivity index (χ2n) is 4.21. The number of benzene rings is 2. The molecule has 3 rings (SSSR count). The van der Waals surface area contributed by atoms with Gasteiger partial charge in [0.2, 0.25) is 0 Å². The van der Waals surface area contributed by atoms with Crippen LogP contribution in [0.25, 0.3) is 10.8 Å². The maximum Gasteiger partial charge on any atom is 0.138 e. The van der Waals surface area contributed by atoms with Crippen molar-refractivity contribution in [1.29, 1.82) is 0 Å². The molecular formula is C15H12N2OS. The molecular weight excluding hydrogens is 256 g/mol. The normalized spacial score (nSPS) is 10.6. The number of nitrogens with one attached hydrogen (secondary N) is 1. The average Bonchev–Trinajstić information content (AvgIpc) is 2.45. The molecule has 3 aromatic rings. The first-order valence-electron chi connectivity index (χ1n) is 5.87. The number of aromatic hydroxyl groups is 1. The minimum atomic E-state index is 0.245. The summed E-state index contributed by atoms with van der Waals surface area (Å²) in [5.74, 6) is 1.02. The van der Waals surface area contributed by atoms with Crippen molar-refractivity contribution in [1.82, 2.24) is 4.98 Å². The average molecular weight is 268 g/mol. The van der Waals surface area contributed by atoms with Crippen molar-refractivity contribution in [3.05, 3.63) is 54.7 Å². The molecule has 0 bridgehead atoms. The zero-order valence-electron chi connectivity index (χ0n) is 10.0. The van der Waals surface area contributed by atoms with E-state index in [-0.39, 0.29) is 5.75 Å². The van der Waals surface area contributed by atoms with E-state index in [1.54, 1.807) is 30.5 Å². The summed E-state index contributed by atoms with van der Waals surface area (Å²) in [6.45, 7) is 0. The quantitative estimate of drug-likeness (QED) is 0.486. The maximum atomic E-state index is 9.28. The third-order valence-electron chi connectivity index (χ3n) is 2.90. The first-order chi connectivity index (χ1) is 9.24. The Kier molecular flexibility index (Phi) is 3.01. The van der Waals surface area contributed by atoms with Crippen LogP contribution in [0.1, 0.15) is 0 Å². The molecule has 1 heterocycles. The van der Waals surface area contributed by atoms with E-state index in [1.807, 2.05) is 24.3 Å². The number of pyridine rings is 1. The molecule has 0 aliphatic rings. The number of fused-ring (bicyclic) bond motifs is 1. The number of thiol groups is 1. The van der Waals surface area contributed by atoms with Crippen LogP contribution < -0.4 is 5.32 Å². The Morgan fingerprint density at radius 1 is 0.947 bits per heavy atom. The lowest BCUT2D eigenvalue weighted by Gasteiger charge is -2.10. The largest absolute Gasteiger partial charge is 0.508 e. The summed E-state index contributed by atoms with van der Waals surface area (Å²) in [5, 5.41) is 14.6. The number of phenolic OH excluding ortho intramolecular Hbond substituents is 1. The number of rotatable bonds is 2. The van der Waals surface area contributed by atoms with Crippen LogP contribution in [0.4, 0.5) is 11.5 Å². The Labute approximate surface area is 116 Å². The highest BCUT2D eigenvalue weighted by Crippen LogP contribution is 2.28. The molecule has 3 nitrogen and oxygen atoms in total. The van der Waals surface area contributed by atoms with Crippen molar-refractivity contribution in [2.24, 2.45) is 0 Å². The second kappa shape index (κ2) is 4.82. The van der Waals surface area contributed by atoms with Crippen LogP contribution in [0, 0.1) is 0 Å². The van der Waals surface area contributed by atoms with Crippen LogP contribution in [0.5, 0.6) is 5.75 Å². The Balaban J connectivity index is 2.06. The van der Waals surface area contributed by atoms with Gasteiger partial charge in [0, 0.05) is 27.6 Å². The molecule has 2 aromatic carbocycles. The van der Waals surface area contributed by atoms with Gasteiger partial charge in [-0.05, 0) is 24.3 Å². The molecule has 0 aliphatic heterocycles. The molecule has 0 fully saturated rings. The number of aromatic nitrogens is 1. The van der Waals surface area contributed by atoms with Gasteiger partial charge in [-0.2, -0.15) is 0 Å². The summed E-state index contributed by atoms with van der Waals surface area (Å²) in [4.78, 5) is 5.23. The third kappa shape index (κ3) is 2.35. The predicted octanol–water partition coefficient (Wildman–Crippen LogP) is 3.97. The highest BCUT2D eigenvalue weighted by Gasteiger charge is 2.05. The maximum absolute atomic E-state index is 9.28. The summed E-state index contributed by atoms with van der Waals surface area (Å²) in [5.41, 5.74) is 0.877. The fraction of sp³-hybridized carbons (Fsp3) is 0. The van der Waals surface area contributed by atoms with E-state index in [2.05, 4.69) is 22.9 Å². The van der Waals surface area contributed by atoms with Gasteiger partial charge in [-0.3, -0.25) is 0 Å². The zero-order chi connectivity index (χ0) is 13.2. The minimum Gasteiger partial charge on any atom is -0.508 e. The predicted molar refractivity (Wildman–Crippen MR) is 80.4 cm³/mol. The van der Waals surface area contributed by atoms with Gasteiger partial charge in [0.1, 0.15) is 11.6 Å². The molecule has 94 valence electrons. The fourth-order valence-electron chi connectivity index (χ4n) is 1.96. The van der Waals surface area contributed by atoms with E-state index >= 15 is 0 Å². The zero-order valence-corrected chi connectivity index (χ0v) is 10.9. The van der Waals surface area contributed by atoms with Crippen molar-refractivity contribution in [3.63, 3.8) is 0 Å². The molecule has 4 heteroatoms. The van der Waals surface area contributed by atoms with Gasteiger partial charge in [-0.15, -0.1) is 12.6 Å². The van der Waals surface area contributed by atoms with Crippen LogP contribution in [0.2, 0.25) is 0 Å². The number of nitrogens with zero attached hydrogens (tertiary/aromatic N) is 1. The molecule has 2 N–H and O–H groups in total. The smallest absolute Gasteiger partial charge is 0.138 e. The Morgan fingerprint density at radius 2 is 1.63 bits per heavy atom. The van der Waals surface area contributed by atoms with Gasteiger partial charge >= 0.3 is 0 Å². The summed E-state index contributed by atoms with van der Waals surface area (Å²) >= 11 is 4.41. The molecule has 0 atom stereocenters. The monoisotopic (exact) mass is 268 g/mol. The topological polar surface area (TPSA) is 45.1 Å². The van der Waals surface area contributed by atoms with Crippen LogP contribution in [-0.4, -0.2) is 10.1 Å². The summed E-state index contributed by atoms with van der Waals surface area (Å²) in [6, 6.07) is 14.9. The van der Waals surface area contributed by atoms with Crippen molar-refractivity contribution >= 4 is 34.9 Å². The van der Waals surface area contributed by atoms with Gasteiger partial charge in [-0.1, -0.05) is 24.3 Å². The van der Waals surface area contributed by atoms with Gasteiger partial charge in [0.05, 0.1) is 0 Å². The molecule has 1 aromatic heterocycles. The fourth-order valence-corrected chi connectivity index (χ4v) is 2.21. The molecule has 19 heavy (non-hydrogen) atoms. The highest BCUT2D eigenvalue weighted by atomic mass is 32.1. The summed E-state index contributed by atoms with van der Waals surface area (Å²) in [6.07, 6.45) is 1.73. The summed E-state index contributed by atoms with van der Waals surface area (Å²) in [7, 11) is 0. The lowest BCUT2D eigenvalue weighted by Crippen LogP contribution is -1.94. The van der Waals surface area contributed by atoms with Crippen molar-refractivity contribution in [2.75, 3.05) is 5.32 Å². The second-order valence-corrected chi connectivity index (χ2v) is 4.69. The van der Waals surface area contributed by atoms with Gasteiger partial charge < -0.3 is 10.4 Å². The van der Waals surface area contributed by atoms with Crippen LogP contribution >= 0.6 is 12.6 Å². The van der Waals surface area contributed by atoms with E-state index in [0.717, 1.165) is 27.2 Å². The molecule has 0 aliphatic carbocycles. The molecule has 0 spiro atoms. The summed E-state index contributed by atoms with van der Waals surface area (Å²) < 4.78 is 0. The van der Waals surface area contributed by atoms with Crippen molar-refractivity contribution in [2.45, 2.75) is 4.90 Å². The van der Waals surface area contributed by atoms with Crippen LogP contribution in [0.3, 0.4) is 0 Å². The molecule has 0 unspecified atom stereocenters. The number of hydrogen-bond donors (Lipinski definition) is 3. The lowest BCUT2D eigenvalue weighted by atomic mass is 10.1. The van der Waals surface area contributed by atoms with E-state index in [0.29, 0.717) is 0 Å². The Hall–Kier alpha value is -2.20. The van der Waals surface area contributed by atoms with Crippen molar-refractivity contribution < 1.29 is 5.11 Å². The Morgan fingerprint density at radius 3 is 2.37 bits per heavy atom. The van der Waals surface area contributed by atoms with Gasteiger partial charge in [0.15, 0.2) is 0 Å². The highest BCUT2D eigenvalue weighted by molar-refractivity contribution is 7.80. The standard InChI is InChI=1S/C15H12N2OS/c18-11-7-5-10(6-8-11)17-15-13-4-2-1-3-12(13)14(19)9-16-15/h1-9,18-19H,(H,16,17). The van der Waals surface area contributed by atoms with E-state index in [4.69, 9.17) is 0 Å². The van der Waals surface area contributed by atoms with Crippen molar-refractivity contribution in [3.8, 4) is 5.75 Å². The lowest BCUT2D eigenvalue weighted by molar-refractivity contribution is 0.475. The number of phenols is 1. The van der Waals surface area contributed by atoms with Gasteiger partial charge in [-0.25, -0.2) is 4.98 Å².